The van der Waals surface area contributed by atoms with E-state index in [9.17, 15) is 0 Å². The summed E-state index contributed by atoms with van der Waals surface area (Å²) in [5, 5.41) is 0. The zero-order chi connectivity index (χ0) is 22.7. The highest BCUT2D eigenvalue weighted by molar-refractivity contribution is 5.31. The molecular formula is C30H51N2+. The molecule has 0 spiro atoms. The van der Waals surface area contributed by atoms with Gasteiger partial charge in [-0.15, -0.1) is 0 Å². The van der Waals surface area contributed by atoms with Crippen molar-refractivity contribution < 1.29 is 4.57 Å². The summed E-state index contributed by atoms with van der Waals surface area (Å²) in [4.78, 5) is 0. The van der Waals surface area contributed by atoms with Crippen molar-refractivity contribution in [2.45, 2.75) is 136 Å². The van der Waals surface area contributed by atoms with Gasteiger partial charge >= 0.3 is 0 Å². The number of hydrogen-bond donors (Lipinski definition) is 0. The molecule has 0 amide bonds. The first-order valence-corrected chi connectivity index (χ1v) is 14.0. The first kappa shape index (κ1) is 26.7. The van der Waals surface area contributed by atoms with E-state index in [-0.39, 0.29) is 0 Å². The molecule has 2 aromatic rings. The fourth-order valence-corrected chi connectivity index (χ4v) is 4.74. The minimum Gasteiger partial charge on any atom is -0.234 e. The number of aromatic nitrogens is 2. The molecule has 0 bridgehead atoms. The molecule has 0 N–H and O–H groups in total. The minimum atomic E-state index is 1.16. The Morgan fingerprint density at radius 2 is 1.09 bits per heavy atom. The maximum Gasteiger partial charge on any atom is 0.261 e. The van der Waals surface area contributed by atoms with Crippen LogP contribution in [0, 0.1) is 0 Å². The van der Waals surface area contributed by atoms with Crippen molar-refractivity contribution in [2.75, 3.05) is 0 Å². The van der Waals surface area contributed by atoms with E-state index in [1.165, 1.54) is 121 Å². The lowest BCUT2D eigenvalue weighted by atomic mass is 10.0. The number of imidazole rings is 1. The van der Waals surface area contributed by atoms with E-state index in [4.69, 9.17) is 0 Å². The van der Waals surface area contributed by atoms with E-state index >= 15 is 0 Å². The summed E-state index contributed by atoms with van der Waals surface area (Å²) in [7, 11) is 0. The Bertz CT molecular complexity index is 673. The molecule has 0 atom stereocenters. The van der Waals surface area contributed by atoms with Crippen LogP contribution in [0.5, 0.6) is 0 Å². The average Bonchev–Trinajstić information content (AvgIpc) is 3.23. The first-order chi connectivity index (χ1) is 15.9. The molecule has 180 valence electrons. The number of aryl methyl sites for hydroxylation is 1. The summed E-state index contributed by atoms with van der Waals surface area (Å²) in [5.41, 5.74) is 1.29. The molecule has 0 unspecified atom stereocenters. The maximum absolute atomic E-state index is 2.50. The predicted molar refractivity (Wildman–Crippen MR) is 140 cm³/mol. The number of benzene rings is 1. The largest absolute Gasteiger partial charge is 0.261 e. The second kappa shape index (κ2) is 17.9. The zero-order valence-electron chi connectivity index (χ0n) is 21.4. The number of para-hydroxylation sites is 1. The molecular weight excluding hydrogens is 388 g/mol. The number of unbranched alkanes of at least 4 members (excludes halogenated alkanes) is 15. The maximum atomic E-state index is 2.50. The predicted octanol–water partition coefficient (Wildman–Crippen LogP) is 8.98. The molecule has 0 aliphatic heterocycles. The Balaban J connectivity index is 1.54. The van der Waals surface area contributed by atoms with Crippen LogP contribution in [0.1, 0.15) is 129 Å². The SMILES string of the molecule is CCCCCCCCCCCCCCCCC[n+]1ccn(-c2ccccc2)c1CCCC. The normalized spacial score (nSPS) is 11.3. The summed E-state index contributed by atoms with van der Waals surface area (Å²) in [6.07, 6.45) is 29.6. The van der Waals surface area contributed by atoms with Gasteiger partial charge in [-0.05, 0) is 31.4 Å². The van der Waals surface area contributed by atoms with Crippen molar-refractivity contribution >= 4 is 0 Å². The lowest BCUT2D eigenvalue weighted by Gasteiger charge is -2.06. The van der Waals surface area contributed by atoms with E-state index in [1.54, 1.807) is 0 Å². The molecule has 0 saturated heterocycles. The van der Waals surface area contributed by atoms with Gasteiger partial charge in [0.2, 0.25) is 0 Å². The van der Waals surface area contributed by atoms with Crippen LogP contribution >= 0.6 is 0 Å². The molecule has 1 aromatic carbocycles. The Morgan fingerprint density at radius 3 is 1.62 bits per heavy atom. The quantitative estimate of drug-likeness (QED) is 0.144. The van der Waals surface area contributed by atoms with Crippen molar-refractivity contribution in [2.24, 2.45) is 0 Å². The van der Waals surface area contributed by atoms with Crippen molar-refractivity contribution in [3.63, 3.8) is 0 Å². The Kier molecular flexibility index (Phi) is 14.9. The van der Waals surface area contributed by atoms with Crippen LogP contribution in [-0.4, -0.2) is 4.57 Å². The third-order valence-electron chi connectivity index (χ3n) is 6.80. The average molecular weight is 440 g/mol. The number of rotatable bonds is 20. The molecule has 1 heterocycles. The lowest BCUT2D eigenvalue weighted by Crippen LogP contribution is -2.37. The molecule has 32 heavy (non-hydrogen) atoms. The van der Waals surface area contributed by atoms with Crippen molar-refractivity contribution in [1.29, 1.82) is 0 Å². The standard InChI is InChI=1S/C30H51N2/c1-3-5-7-8-9-10-11-12-13-14-15-16-17-18-22-26-31-27-28-32(30(31)25-6-4-2)29-23-20-19-21-24-29/h19-21,23-24,27-28H,3-18,22,25-26H2,1-2H3/q+1. The van der Waals surface area contributed by atoms with Gasteiger partial charge in [-0.1, -0.05) is 122 Å². The summed E-state index contributed by atoms with van der Waals surface area (Å²) in [5.74, 6) is 1.46. The monoisotopic (exact) mass is 439 g/mol. The van der Waals surface area contributed by atoms with Crippen LogP contribution in [-0.2, 0) is 13.0 Å². The highest BCUT2D eigenvalue weighted by Crippen LogP contribution is 2.14. The van der Waals surface area contributed by atoms with Gasteiger partial charge in [-0.2, -0.15) is 4.57 Å². The highest BCUT2D eigenvalue weighted by Gasteiger charge is 2.17. The van der Waals surface area contributed by atoms with Crippen LogP contribution in [0.4, 0.5) is 0 Å². The van der Waals surface area contributed by atoms with Gasteiger partial charge in [-0.25, -0.2) is 4.57 Å². The third kappa shape index (κ3) is 10.8. The van der Waals surface area contributed by atoms with Crippen LogP contribution in [0.15, 0.2) is 42.7 Å². The van der Waals surface area contributed by atoms with Gasteiger partial charge in [-0.3, -0.25) is 0 Å². The Morgan fingerprint density at radius 1 is 0.594 bits per heavy atom. The number of hydrogen-bond acceptors (Lipinski definition) is 0. The van der Waals surface area contributed by atoms with Gasteiger partial charge in [0, 0.05) is 6.42 Å². The second-order valence-electron chi connectivity index (χ2n) is 9.67. The van der Waals surface area contributed by atoms with Gasteiger partial charge < -0.3 is 0 Å². The minimum absolute atomic E-state index is 1.16. The molecule has 2 nitrogen and oxygen atoms in total. The molecule has 0 aliphatic rings. The topological polar surface area (TPSA) is 8.81 Å². The number of nitrogens with zero attached hydrogens (tertiary/aromatic N) is 2. The summed E-state index contributed by atoms with van der Waals surface area (Å²) in [6, 6.07) is 10.8. The molecule has 0 saturated carbocycles. The van der Waals surface area contributed by atoms with E-state index < -0.39 is 0 Å². The molecule has 0 radical (unpaired) electrons. The smallest absolute Gasteiger partial charge is 0.234 e. The first-order valence-electron chi connectivity index (χ1n) is 14.0. The van der Waals surface area contributed by atoms with Crippen LogP contribution in [0.3, 0.4) is 0 Å². The second-order valence-corrected chi connectivity index (χ2v) is 9.67. The molecule has 0 fully saturated rings. The van der Waals surface area contributed by atoms with Gasteiger partial charge in [0.05, 0.1) is 6.54 Å². The van der Waals surface area contributed by atoms with Crippen molar-refractivity contribution in [1.82, 2.24) is 4.57 Å². The van der Waals surface area contributed by atoms with Crippen molar-refractivity contribution in [3.8, 4) is 5.69 Å². The fourth-order valence-electron chi connectivity index (χ4n) is 4.74. The fraction of sp³-hybridized carbons (Fsp3) is 0.700. The molecule has 1 aromatic heterocycles. The highest BCUT2D eigenvalue weighted by atomic mass is 15.1. The summed E-state index contributed by atoms with van der Waals surface area (Å²) in [6.45, 7) is 5.75. The molecule has 2 heteroatoms. The third-order valence-corrected chi connectivity index (χ3v) is 6.80. The van der Waals surface area contributed by atoms with Gasteiger partial charge in [0.15, 0.2) is 0 Å². The Labute approximate surface area is 199 Å². The molecule has 0 aliphatic carbocycles. The van der Waals surface area contributed by atoms with Gasteiger partial charge in [0.1, 0.15) is 18.1 Å². The Hall–Kier alpha value is -1.57. The van der Waals surface area contributed by atoms with Crippen LogP contribution in [0.2, 0.25) is 0 Å². The van der Waals surface area contributed by atoms with E-state index in [0.29, 0.717) is 0 Å². The van der Waals surface area contributed by atoms with E-state index in [2.05, 4.69) is 65.7 Å². The van der Waals surface area contributed by atoms with E-state index in [1.807, 2.05) is 0 Å². The van der Waals surface area contributed by atoms with Crippen LogP contribution in [0.25, 0.3) is 5.69 Å². The summed E-state index contributed by atoms with van der Waals surface area (Å²) < 4.78 is 4.89. The molecule has 2 rings (SSSR count). The van der Waals surface area contributed by atoms with Crippen LogP contribution < -0.4 is 4.57 Å². The van der Waals surface area contributed by atoms with Crippen molar-refractivity contribution in [3.05, 3.63) is 48.5 Å². The van der Waals surface area contributed by atoms with E-state index in [0.717, 1.165) is 13.0 Å². The lowest BCUT2D eigenvalue weighted by molar-refractivity contribution is -0.704. The van der Waals surface area contributed by atoms with Gasteiger partial charge in [0.25, 0.3) is 5.82 Å². The zero-order valence-corrected chi connectivity index (χ0v) is 21.4. The summed E-state index contributed by atoms with van der Waals surface area (Å²) >= 11 is 0.